The fraction of sp³-hybridized carbons (Fsp3) is 0.100. The Balaban J connectivity index is 1.40. The second kappa shape index (κ2) is 7.24. The van der Waals surface area contributed by atoms with Crippen molar-refractivity contribution in [3.05, 3.63) is 155 Å². The van der Waals surface area contributed by atoms with Gasteiger partial charge in [-0.15, -0.1) is 11.3 Å². The van der Waals surface area contributed by atoms with Crippen LogP contribution in [0.4, 0.5) is 0 Å². The van der Waals surface area contributed by atoms with Crippen molar-refractivity contribution < 1.29 is 0 Å². The minimum atomic E-state index is -0.318. The van der Waals surface area contributed by atoms with Gasteiger partial charge in [-0.25, -0.2) is 0 Å². The van der Waals surface area contributed by atoms with Crippen LogP contribution in [0.1, 0.15) is 47.2 Å². The summed E-state index contributed by atoms with van der Waals surface area (Å²) in [4.78, 5) is 0. The largest absolute Gasteiger partial charge is 0.134 e. The average Bonchev–Trinajstić information content (AvgIpc) is 3.70. The van der Waals surface area contributed by atoms with Gasteiger partial charge in [0.15, 0.2) is 0 Å². The summed E-state index contributed by atoms with van der Waals surface area (Å²) in [5, 5.41) is 2.77. The van der Waals surface area contributed by atoms with E-state index in [2.05, 4.69) is 135 Å². The number of fused-ring (bicyclic) bond motifs is 18. The molecule has 0 atom stereocenters. The van der Waals surface area contributed by atoms with Crippen molar-refractivity contribution in [3.63, 3.8) is 0 Å². The maximum absolute atomic E-state index is 2.41. The first kappa shape index (κ1) is 22.3. The highest BCUT2D eigenvalue weighted by Crippen LogP contribution is 2.65. The summed E-state index contributed by atoms with van der Waals surface area (Å²) in [6.45, 7) is 4.82. The third-order valence-electron chi connectivity index (χ3n) is 10.3. The topological polar surface area (TPSA) is 0 Å². The molecule has 0 nitrogen and oxygen atoms in total. The minimum absolute atomic E-state index is 0.0390. The quantitative estimate of drug-likeness (QED) is 0.180. The molecule has 10 rings (SSSR count). The molecule has 0 aliphatic heterocycles. The van der Waals surface area contributed by atoms with Crippen molar-refractivity contribution in [1.29, 1.82) is 0 Å². The molecule has 6 aromatic carbocycles. The van der Waals surface area contributed by atoms with Gasteiger partial charge in [0.05, 0.1) is 5.41 Å². The number of benzene rings is 6. The minimum Gasteiger partial charge on any atom is -0.134 e. The monoisotopic (exact) mass is 538 g/mol. The molecule has 1 aromatic heterocycles. The molecule has 3 aliphatic rings. The third kappa shape index (κ3) is 2.38. The summed E-state index contributed by atoms with van der Waals surface area (Å²) >= 11 is 2.03. The highest BCUT2D eigenvalue weighted by Gasteiger charge is 2.52. The maximum atomic E-state index is 2.41. The summed E-state index contributed by atoms with van der Waals surface area (Å²) in [7, 11) is 0. The molecular formula is C40H26S. The van der Waals surface area contributed by atoms with Crippen molar-refractivity contribution >= 4 is 31.5 Å². The van der Waals surface area contributed by atoms with Crippen LogP contribution in [0.3, 0.4) is 0 Å². The maximum Gasteiger partial charge on any atom is 0.0739 e. The summed E-state index contributed by atoms with van der Waals surface area (Å²) in [5.41, 5.74) is 16.5. The van der Waals surface area contributed by atoms with E-state index in [9.17, 15) is 0 Å². The molecular weight excluding hydrogens is 513 g/mol. The summed E-state index contributed by atoms with van der Waals surface area (Å²) < 4.78 is 2.87. The van der Waals surface area contributed by atoms with Crippen LogP contribution in [0.25, 0.3) is 53.6 Å². The van der Waals surface area contributed by atoms with Gasteiger partial charge in [-0.2, -0.15) is 0 Å². The van der Waals surface area contributed by atoms with Gasteiger partial charge < -0.3 is 0 Å². The van der Waals surface area contributed by atoms with Crippen LogP contribution in [0.2, 0.25) is 0 Å². The molecule has 0 saturated heterocycles. The molecule has 41 heavy (non-hydrogen) atoms. The zero-order chi connectivity index (χ0) is 27.1. The van der Waals surface area contributed by atoms with Crippen LogP contribution < -0.4 is 0 Å². The first-order valence-electron chi connectivity index (χ1n) is 14.5. The first-order chi connectivity index (χ1) is 20.1. The zero-order valence-corrected chi connectivity index (χ0v) is 23.8. The molecule has 0 saturated carbocycles. The number of thiophene rings is 1. The zero-order valence-electron chi connectivity index (χ0n) is 23.0. The number of hydrogen-bond donors (Lipinski definition) is 0. The Kier molecular flexibility index (Phi) is 3.93. The van der Waals surface area contributed by atoms with Crippen LogP contribution in [0.5, 0.6) is 0 Å². The van der Waals surface area contributed by atoms with Crippen LogP contribution in [0, 0.1) is 0 Å². The van der Waals surface area contributed by atoms with E-state index in [1.165, 1.54) is 86.9 Å². The Labute approximate surface area is 243 Å². The predicted molar refractivity (Wildman–Crippen MR) is 173 cm³/mol. The van der Waals surface area contributed by atoms with E-state index in [1.54, 1.807) is 0 Å². The average molecular weight is 539 g/mol. The van der Waals surface area contributed by atoms with E-state index in [0.717, 1.165) is 0 Å². The van der Waals surface area contributed by atoms with Crippen molar-refractivity contribution in [3.8, 4) is 33.4 Å². The number of rotatable bonds is 0. The van der Waals surface area contributed by atoms with E-state index in [-0.39, 0.29) is 10.8 Å². The van der Waals surface area contributed by atoms with Crippen LogP contribution in [-0.4, -0.2) is 0 Å². The van der Waals surface area contributed by atoms with Crippen molar-refractivity contribution in [1.82, 2.24) is 0 Å². The Morgan fingerprint density at radius 2 is 0.780 bits per heavy atom. The van der Waals surface area contributed by atoms with E-state index < -0.39 is 0 Å². The molecule has 3 aliphatic carbocycles. The van der Waals surface area contributed by atoms with Gasteiger partial charge in [-0.1, -0.05) is 135 Å². The molecule has 7 aromatic rings. The SMILES string of the molecule is CC1(C)c2ccccc2-c2ccc3c(sc4c5c(ccc43)-c3ccccc3C53c4ccccc4-c4ccccc43)c21. The first-order valence-corrected chi connectivity index (χ1v) is 15.4. The van der Waals surface area contributed by atoms with E-state index in [1.807, 2.05) is 11.3 Å². The van der Waals surface area contributed by atoms with Gasteiger partial charge in [0.25, 0.3) is 0 Å². The van der Waals surface area contributed by atoms with Crippen LogP contribution >= 0.6 is 11.3 Å². The molecule has 0 unspecified atom stereocenters. The lowest BCUT2D eigenvalue weighted by atomic mass is 9.70. The molecule has 0 radical (unpaired) electrons. The molecule has 192 valence electrons. The lowest BCUT2D eigenvalue weighted by Gasteiger charge is -2.30. The summed E-state index contributed by atoms with van der Waals surface area (Å²) in [6, 6.07) is 46.0. The van der Waals surface area contributed by atoms with Gasteiger partial charge in [0.1, 0.15) is 0 Å². The lowest BCUT2D eigenvalue weighted by molar-refractivity contribution is 0.667. The van der Waals surface area contributed by atoms with E-state index in [4.69, 9.17) is 0 Å². The Bertz CT molecular complexity index is 2230. The molecule has 1 heterocycles. The van der Waals surface area contributed by atoms with Crippen molar-refractivity contribution in [2.45, 2.75) is 24.7 Å². The number of hydrogen-bond acceptors (Lipinski definition) is 1. The van der Waals surface area contributed by atoms with Crippen LogP contribution in [0.15, 0.2) is 121 Å². The Hall–Kier alpha value is -4.46. The second-order valence-corrected chi connectivity index (χ2v) is 13.4. The molecule has 1 heteroatoms. The van der Waals surface area contributed by atoms with Crippen LogP contribution in [-0.2, 0) is 10.8 Å². The Morgan fingerprint density at radius 3 is 1.32 bits per heavy atom. The third-order valence-corrected chi connectivity index (χ3v) is 11.5. The van der Waals surface area contributed by atoms with Crippen molar-refractivity contribution in [2.75, 3.05) is 0 Å². The molecule has 0 amide bonds. The van der Waals surface area contributed by atoms with E-state index >= 15 is 0 Å². The molecule has 0 fully saturated rings. The van der Waals surface area contributed by atoms with Gasteiger partial charge in [0, 0.05) is 25.6 Å². The molecule has 0 N–H and O–H groups in total. The highest BCUT2D eigenvalue weighted by atomic mass is 32.1. The van der Waals surface area contributed by atoms with Gasteiger partial charge >= 0.3 is 0 Å². The lowest BCUT2D eigenvalue weighted by Crippen LogP contribution is -2.25. The standard InChI is InChI=1S/C40H26S/c1-39(2)31-15-7-3-13-25(31)27-19-21-29-30-22-20-28-26-14-6-10-18-34(26)40(36(28)38(30)41-37(29)35(27)39)32-16-8-4-11-23(32)24-12-5-9-17-33(24)40/h3-22H,1-2H3. The van der Waals surface area contributed by atoms with Gasteiger partial charge in [-0.3, -0.25) is 0 Å². The predicted octanol–water partition coefficient (Wildman–Crippen LogP) is 10.7. The fourth-order valence-electron chi connectivity index (χ4n) is 8.72. The Morgan fingerprint density at radius 1 is 0.390 bits per heavy atom. The molecule has 1 spiro atoms. The smallest absolute Gasteiger partial charge is 0.0739 e. The van der Waals surface area contributed by atoms with Crippen molar-refractivity contribution in [2.24, 2.45) is 0 Å². The second-order valence-electron chi connectivity index (χ2n) is 12.4. The van der Waals surface area contributed by atoms with Gasteiger partial charge in [-0.05, 0) is 66.8 Å². The van der Waals surface area contributed by atoms with Gasteiger partial charge in [0.2, 0.25) is 0 Å². The highest BCUT2D eigenvalue weighted by molar-refractivity contribution is 7.26. The summed E-state index contributed by atoms with van der Waals surface area (Å²) in [5.74, 6) is 0. The van der Waals surface area contributed by atoms with E-state index in [0.29, 0.717) is 0 Å². The fourth-order valence-corrected chi connectivity index (χ4v) is 10.3. The normalized spacial score (nSPS) is 16.0. The molecule has 0 bridgehead atoms. The summed E-state index contributed by atoms with van der Waals surface area (Å²) in [6.07, 6.45) is 0.